The number of rotatable bonds is 5. The highest BCUT2D eigenvalue weighted by Gasteiger charge is 2.46. The first-order valence-corrected chi connectivity index (χ1v) is 9.04. The number of β-amino-alcohol motifs (C(OH)–C–C–N with tert-alkyl or cyclic N) is 1. The van der Waals surface area contributed by atoms with Gasteiger partial charge >= 0.3 is 0 Å². The SMILES string of the molecule is O=C1C(=O)N(CCO)C(c2cccc([N+](=O)[O-])c2)C1=C(O)c1ccc(Br)cc1. The van der Waals surface area contributed by atoms with Crippen LogP contribution in [0, 0.1) is 10.1 Å². The number of carbonyl (C=O) groups is 2. The van der Waals surface area contributed by atoms with Crippen molar-refractivity contribution >= 4 is 39.1 Å². The predicted molar refractivity (Wildman–Crippen MR) is 103 cm³/mol. The second-order valence-electron chi connectivity index (χ2n) is 6.08. The van der Waals surface area contributed by atoms with Gasteiger partial charge in [0.15, 0.2) is 0 Å². The summed E-state index contributed by atoms with van der Waals surface area (Å²) in [7, 11) is 0. The Balaban J connectivity index is 2.20. The van der Waals surface area contributed by atoms with E-state index >= 15 is 0 Å². The van der Waals surface area contributed by atoms with E-state index in [-0.39, 0.29) is 23.6 Å². The van der Waals surface area contributed by atoms with Gasteiger partial charge in [-0.15, -0.1) is 0 Å². The molecule has 1 fully saturated rings. The van der Waals surface area contributed by atoms with E-state index in [4.69, 9.17) is 0 Å². The molecule has 0 radical (unpaired) electrons. The fourth-order valence-corrected chi connectivity index (χ4v) is 3.40. The molecule has 0 bridgehead atoms. The summed E-state index contributed by atoms with van der Waals surface area (Å²) in [6.07, 6.45) is 0. The molecule has 1 amide bonds. The molecule has 1 saturated heterocycles. The summed E-state index contributed by atoms with van der Waals surface area (Å²) in [4.78, 5) is 36.8. The van der Waals surface area contributed by atoms with Crippen molar-refractivity contribution in [3.05, 3.63) is 79.8 Å². The lowest BCUT2D eigenvalue weighted by Gasteiger charge is -2.24. The van der Waals surface area contributed by atoms with Gasteiger partial charge in [0.1, 0.15) is 5.76 Å². The molecule has 1 aliphatic rings. The molecule has 0 saturated carbocycles. The number of carbonyl (C=O) groups excluding carboxylic acids is 2. The van der Waals surface area contributed by atoms with Crippen molar-refractivity contribution < 1.29 is 24.7 Å². The molecule has 1 unspecified atom stereocenters. The fraction of sp³-hybridized carbons (Fsp3) is 0.158. The van der Waals surface area contributed by atoms with Gasteiger partial charge < -0.3 is 15.1 Å². The highest BCUT2D eigenvalue weighted by atomic mass is 79.9. The third-order valence-electron chi connectivity index (χ3n) is 4.40. The molecule has 2 aromatic carbocycles. The summed E-state index contributed by atoms with van der Waals surface area (Å²) in [6.45, 7) is -0.564. The first-order valence-electron chi connectivity index (χ1n) is 8.24. The number of amides is 1. The van der Waals surface area contributed by atoms with Crippen LogP contribution in [0.3, 0.4) is 0 Å². The van der Waals surface area contributed by atoms with Gasteiger partial charge in [0, 0.05) is 28.7 Å². The van der Waals surface area contributed by atoms with E-state index in [1.165, 1.54) is 24.3 Å². The minimum Gasteiger partial charge on any atom is -0.507 e. The Hall–Kier alpha value is -3.04. The number of Topliss-reactive ketones (excluding diaryl/α,β-unsaturated/α-hetero) is 1. The van der Waals surface area contributed by atoms with Crippen LogP contribution in [-0.2, 0) is 9.59 Å². The lowest BCUT2D eigenvalue weighted by atomic mass is 9.95. The number of nitrogens with zero attached hydrogens (tertiary/aromatic N) is 2. The number of hydrogen-bond donors (Lipinski definition) is 2. The van der Waals surface area contributed by atoms with Gasteiger partial charge in [-0.05, 0) is 17.7 Å². The molecular formula is C19H15BrN2O6. The Morgan fingerprint density at radius 3 is 2.46 bits per heavy atom. The number of nitro benzene ring substituents is 1. The van der Waals surface area contributed by atoms with Gasteiger partial charge in [-0.2, -0.15) is 0 Å². The van der Waals surface area contributed by atoms with Crippen LogP contribution in [0.15, 0.2) is 58.6 Å². The zero-order valence-electron chi connectivity index (χ0n) is 14.4. The number of likely N-dealkylation sites (tertiary alicyclic amines) is 1. The van der Waals surface area contributed by atoms with Crippen LogP contribution < -0.4 is 0 Å². The van der Waals surface area contributed by atoms with Crippen LogP contribution >= 0.6 is 15.9 Å². The van der Waals surface area contributed by atoms with Gasteiger partial charge in [-0.3, -0.25) is 19.7 Å². The molecule has 1 atom stereocenters. The molecule has 2 aromatic rings. The van der Waals surface area contributed by atoms with Gasteiger partial charge in [0.25, 0.3) is 17.4 Å². The molecule has 8 nitrogen and oxygen atoms in total. The van der Waals surface area contributed by atoms with Crippen LogP contribution in [0.4, 0.5) is 5.69 Å². The Kier molecular flexibility index (Phi) is 5.57. The number of hydrogen-bond acceptors (Lipinski definition) is 6. The summed E-state index contributed by atoms with van der Waals surface area (Å²) in [5.41, 5.74) is 0.220. The predicted octanol–water partition coefficient (Wildman–Crippen LogP) is 2.77. The van der Waals surface area contributed by atoms with Crippen molar-refractivity contribution in [3.63, 3.8) is 0 Å². The lowest BCUT2D eigenvalue weighted by molar-refractivity contribution is -0.384. The number of non-ortho nitro benzene ring substituents is 1. The molecule has 144 valence electrons. The normalized spacial score (nSPS) is 18.5. The van der Waals surface area contributed by atoms with Crippen molar-refractivity contribution in [1.29, 1.82) is 0 Å². The Morgan fingerprint density at radius 1 is 1.18 bits per heavy atom. The van der Waals surface area contributed by atoms with Gasteiger partial charge in [0.05, 0.1) is 23.1 Å². The number of aliphatic hydroxyl groups excluding tert-OH is 2. The maximum atomic E-state index is 12.6. The second kappa shape index (κ2) is 7.91. The van der Waals surface area contributed by atoms with Crippen molar-refractivity contribution in [2.45, 2.75) is 6.04 Å². The smallest absolute Gasteiger partial charge is 0.295 e. The van der Waals surface area contributed by atoms with Crippen LogP contribution in [0.1, 0.15) is 17.2 Å². The van der Waals surface area contributed by atoms with Gasteiger partial charge in [-0.1, -0.05) is 40.2 Å². The van der Waals surface area contributed by atoms with Crippen molar-refractivity contribution in [1.82, 2.24) is 4.90 Å². The second-order valence-corrected chi connectivity index (χ2v) is 6.99. The maximum Gasteiger partial charge on any atom is 0.295 e. The van der Waals surface area contributed by atoms with Crippen LogP contribution in [-0.4, -0.2) is 44.9 Å². The molecule has 0 spiro atoms. The number of aliphatic hydroxyl groups is 2. The van der Waals surface area contributed by atoms with E-state index in [0.29, 0.717) is 11.1 Å². The largest absolute Gasteiger partial charge is 0.507 e. The lowest BCUT2D eigenvalue weighted by Crippen LogP contribution is -2.32. The minimum absolute atomic E-state index is 0.158. The van der Waals surface area contributed by atoms with Crippen molar-refractivity contribution in [3.8, 4) is 0 Å². The van der Waals surface area contributed by atoms with Crippen LogP contribution in [0.25, 0.3) is 5.76 Å². The summed E-state index contributed by atoms with van der Waals surface area (Å²) in [6, 6.07) is 10.9. The number of nitro groups is 1. The number of halogens is 1. The molecule has 9 heteroatoms. The topological polar surface area (TPSA) is 121 Å². The molecule has 0 aliphatic carbocycles. The molecule has 2 N–H and O–H groups in total. The Bertz CT molecular complexity index is 986. The monoisotopic (exact) mass is 446 g/mol. The Morgan fingerprint density at radius 2 is 1.86 bits per heavy atom. The maximum absolute atomic E-state index is 12.6. The van der Waals surface area contributed by atoms with Crippen LogP contribution in [0.2, 0.25) is 0 Å². The van der Waals surface area contributed by atoms with Gasteiger partial charge in [0.2, 0.25) is 0 Å². The highest BCUT2D eigenvalue weighted by Crippen LogP contribution is 2.40. The first-order chi connectivity index (χ1) is 13.3. The third kappa shape index (κ3) is 3.54. The molecule has 1 heterocycles. The van der Waals surface area contributed by atoms with E-state index in [1.807, 2.05) is 0 Å². The van der Waals surface area contributed by atoms with E-state index in [9.17, 15) is 29.9 Å². The van der Waals surface area contributed by atoms with Crippen LogP contribution in [0.5, 0.6) is 0 Å². The van der Waals surface area contributed by atoms with Gasteiger partial charge in [-0.25, -0.2) is 0 Å². The van der Waals surface area contributed by atoms with E-state index in [2.05, 4.69) is 15.9 Å². The molecule has 3 rings (SSSR count). The molecular weight excluding hydrogens is 432 g/mol. The van der Waals surface area contributed by atoms with E-state index in [0.717, 1.165) is 9.37 Å². The summed E-state index contributed by atoms with van der Waals surface area (Å²) in [5.74, 6) is -2.18. The zero-order chi connectivity index (χ0) is 20.4. The van der Waals surface area contributed by atoms with E-state index in [1.54, 1.807) is 24.3 Å². The number of benzene rings is 2. The molecule has 28 heavy (non-hydrogen) atoms. The Labute approximate surface area is 168 Å². The quantitative estimate of drug-likeness (QED) is 0.239. The van der Waals surface area contributed by atoms with Crippen molar-refractivity contribution in [2.24, 2.45) is 0 Å². The zero-order valence-corrected chi connectivity index (χ0v) is 16.0. The molecule has 0 aromatic heterocycles. The summed E-state index contributed by atoms with van der Waals surface area (Å²) in [5, 5.41) is 31.2. The average Bonchev–Trinajstić information content (AvgIpc) is 2.93. The number of ketones is 1. The van der Waals surface area contributed by atoms with E-state index < -0.39 is 29.3 Å². The average molecular weight is 447 g/mol. The third-order valence-corrected chi connectivity index (χ3v) is 4.92. The summed E-state index contributed by atoms with van der Waals surface area (Å²) < 4.78 is 0.764. The summed E-state index contributed by atoms with van der Waals surface area (Å²) >= 11 is 3.28. The molecule has 1 aliphatic heterocycles. The minimum atomic E-state index is -1.05. The standard InChI is InChI=1S/C19H15BrN2O6/c20-13-6-4-11(5-7-13)17(24)15-16(21(8-9-23)19(26)18(15)25)12-2-1-3-14(10-12)22(27)28/h1-7,10,16,23-24H,8-9H2. The van der Waals surface area contributed by atoms with Crippen molar-refractivity contribution in [2.75, 3.05) is 13.2 Å². The first kappa shape index (κ1) is 19.7. The highest BCUT2D eigenvalue weighted by molar-refractivity contribution is 9.10. The fourth-order valence-electron chi connectivity index (χ4n) is 3.14.